The second-order valence-electron chi connectivity index (χ2n) is 8.72. The summed E-state index contributed by atoms with van der Waals surface area (Å²) in [4.78, 5) is 31.6. The van der Waals surface area contributed by atoms with Gasteiger partial charge < -0.3 is 14.5 Å². The lowest BCUT2D eigenvalue weighted by Crippen LogP contribution is -2.47. The predicted molar refractivity (Wildman–Crippen MR) is 136 cm³/mol. The van der Waals surface area contributed by atoms with Gasteiger partial charge in [-0.2, -0.15) is 0 Å². The normalized spacial score (nSPS) is 15.0. The van der Waals surface area contributed by atoms with E-state index >= 15 is 0 Å². The number of rotatable bonds is 9. The Morgan fingerprint density at radius 2 is 1.85 bits per heavy atom. The number of fused-ring (bicyclic) bond motifs is 1. The molecule has 4 rings (SSSR count). The maximum absolute atomic E-state index is 13.6. The lowest BCUT2D eigenvalue weighted by molar-refractivity contribution is -0.142. The molecule has 0 aliphatic carbocycles. The van der Waals surface area contributed by atoms with E-state index in [1.807, 2.05) is 35.2 Å². The van der Waals surface area contributed by atoms with Crippen molar-refractivity contribution in [1.29, 1.82) is 0 Å². The number of amides is 2. The third-order valence-electron chi connectivity index (χ3n) is 6.25. The van der Waals surface area contributed by atoms with Crippen molar-refractivity contribution in [3.63, 3.8) is 0 Å². The van der Waals surface area contributed by atoms with Gasteiger partial charge in [-0.3, -0.25) is 9.59 Å². The maximum atomic E-state index is 13.6. The van der Waals surface area contributed by atoms with Crippen molar-refractivity contribution in [2.24, 2.45) is 0 Å². The summed E-state index contributed by atoms with van der Waals surface area (Å²) in [6.07, 6.45) is 2.65. The number of thiophene rings is 1. The van der Waals surface area contributed by atoms with E-state index in [1.165, 1.54) is 16.0 Å². The fraction of sp³-hybridized carbons (Fsp3) is 0.357. The number of hydrogen-bond acceptors (Lipinski definition) is 4. The van der Waals surface area contributed by atoms with E-state index in [-0.39, 0.29) is 31.0 Å². The molecule has 1 unspecified atom stereocenters. The van der Waals surface area contributed by atoms with Crippen LogP contribution in [0, 0.1) is 6.92 Å². The second-order valence-corrected chi connectivity index (χ2v) is 9.72. The van der Waals surface area contributed by atoms with Crippen molar-refractivity contribution in [1.82, 2.24) is 9.80 Å². The molecule has 3 aromatic rings. The van der Waals surface area contributed by atoms with Crippen LogP contribution in [-0.2, 0) is 16.0 Å². The van der Waals surface area contributed by atoms with Gasteiger partial charge in [0, 0.05) is 18.0 Å². The van der Waals surface area contributed by atoms with Gasteiger partial charge in [-0.25, -0.2) is 0 Å². The van der Waals surface area contributed by atoms with Crippen molar-refractivity contribution < 1.29 is 14.3 Å². The highest BCUT2D eigenvalue weighted by molar-refractivity contribution is 7.10. The highest BCUT2D eigenvalue weighted by atomic mass is 32.1. The number of carbonyl (C=O) groups excluding carboxylic acids is 2. The van der Waals surface area contributed by atoms with Crippen molar-refractivity contribution in [2.45, 2.75) is 39.2 Å². The van der Waals surface area contributed by atoms with Crippen LogP contribution in [0.2, 0.25) is 0 Å². The third kappa shape index (κ3) is 5.68. The lowest BCUT2D eigenvalue weighted by atomic mass is 9.92. The Labute approximate surface area is 206 Å². The SMILES string of the molecule is CCCCN(CC(=O)N1CCc2sccc2C1c1ccc(C)cc1)C(=O)COc1ccccc1. The molecule has 1 aliphatic heterocycles. The lowest BCUT2D eigenvalue weighted by Gasteiger charge is -2.37. The van der Waals surface area contributed by atoms with Crippen LogP contribution >= 0.6 is 11.3 Å². The van der Waals surface area contributed by atoms with E-state index in [1.54, 1.807) is 16.2 Å². The van der Waals surface area contributed by atoms with Crippen LogP contribution in [0.25, 0.3) is 0 Å². The molecule has 2 aromatic carbocycles. The van der Waals surface area contributed by atoms with Crippen molar-refractivity contribution in [2.75, 3.05) is 26.2 Å². The highest BCUT2D eigenvalue weighted by Gasteiger charge is 2.33. The largest absolute Gasteiger partial charge is 0.484 e. The molecule has 1 atom stereocenters. The summed E-state index contributed by atoms with van der Waals surface area (Å²) in [6.45, 7) is 5.35. The molecule has 6 heteroatoms. The summed E-state index contributed by atoms with van der Waals surface area (Å²) in [5.41, 5.74) is 3.50. The van der Waals surface area contributed by atoms with Crippen molar-refractivity contribution in [3.05, 3.63) is 87.6 Å². The molecule has 2 heterocycles. The monoisotopic (exact) mass is 476 g/mol. The van der Waals surface area contributed by atoms with Crippen LogP contribution < -0.4 is 4.74 Å². The zero-order valence-corrected chi connectivity index (χ0v) is 20.7. The van der Waals surface area contributed by atoms with E-state index in [0.29, 0.717) is 18.8 Å². The smallest absolute Gasteiger partial charge is 0.260 e. The van der Waals surface area contributed by atoms with Crippen molar-refractivity contribution >= 4 is 23.2 Å². The van der Waals surface area contributed by atoms with E-state index in [0.717, 1.165) is 24.8 Å². The molecular formula is C28H32N2O3S. The number of ether oxygens (including phenoxy) is 1. The van der Waals surface area contributed by atoms with Gasteiger partial charge in [0.05, 0.1) is 12.6 Å². The first-order chi connectivity index (χ1) is 16.6. The Morgan fingerprint density at radius 3 is 2.59 bits per heavy atom. The molecule has 0 bridgehead atoms. The predicted octanol–water partition coefficient (Wildman–Crippen LogP) is 5.24. The van der Waals surface area contributed by atoms with Crippen LogP contribution in [0.1, 0.15) is 47.4 Å². The van der Waals surface area contributed by atoms with Gasteiger partial charge in [0.15, 0.2) is 6.61 Å². The van der Waals surface area contributed by atoms with Gasteiger partial charge in [-0.05, 0) is 54.5 Å². The number of carbonyl (C=O) groups is 2. The molecule has 1 aromatic heterocycles. The molecule has 1 aliphatic rings. The minimum absolute atomic E-state index is 0.0217. The van der Waals surface area contributed by atoms with Gasteiger partial charge >= 0.3 is 0 Å². The van der Waals surface area contributed by atoms with Crippen molar-refractivity contribution in [3.8, 4) is 5.75 Å². The summed E-state index contributed by atoms with van der Waals surface area (Å²) in [5.74, 6) is 0.468. The summed E-state index contributed by atoms with van der Waals surface area (Å²) in [5, 5.41) is 2.11. The van der Waals surface area contributed by atoms with Gasteiger partial charge in [0.1, 0.15) is 5.75 Å². The zero-order chi connectivity index (χ0) is 23.9. The maximum Gasteiger partial charge on any atom is 0.260 e. The molecule has 34 heavy (non-hydrogen) atoms. The topological polar surface area (TPSA) is 49.9 Å². The number of nitrogens with zero attached hydrogens (tertiary/aromatic N) is 2. The van der Waals surface area contributed by atoms with Crippen LogP contribution in [0.5, 0.6) is 5.75 Å². The quantitative estimate of drug-likeness (QED) is 0.424. The molecule has 2 amide bonds. The first-order valence-corrected chi connectivity index (χ1v) is 12.8. The molecule has 5 nitrogen and oxygen atoms in total. The van der Waals surface area contributed by atoms with Crippen LogP contribution in [0.3, 0.4) is 0 Å². The molecule has 0 radical (unpaired) electrons. The van der Waals surface area contributed by atoms with E-state index in [2.05, 4.69) is 49.6 Å². The second kappa shape index (κ2) is 11.3. The van der Waals surface area contributed by atoms with Gasteiger partial charge in [0.25, 0.3) is 5.91 Å². The summed E-state index contributed by atoms with van der Waals surface area (Å²) < 4.78 is 5.68. The van der Waals surface area contributed by atoms with Crippen LogP contribution in [0.15, 0.2) is 66.0 Å². The summed E-state index contributed by atoms with van der Waals surface area (Å²) in [7, 11) is 0. The minimum atomic E-state index is -0.161. The molecule has 0 saturated heterocycles. The average Bonchev–Trinajstić information content (AvgIpc) is 3.34. The standard InChI is InChI=1S/C28H32N2O3S/c1-3-4-16-29(27(32)20-33-23-8-6-5-7-9-23)19-26(31)30-17-14-25-24(15-18-34-25)28(30)22-12-10-21(2)11-13-22/h5-13,15,18,28H,3-4,14,16-17,19-20H2,1-2H3. The number of aryl methyl sites for hydroxylation is 1. The number of para-hydroxylation sites is 1. The van der Waals surface area contributed by atoms with Gasteiger partial charge in [0.2, 0.25) is 5.91 Å². The summed E-state index contributed by atoms with van der Waals surface area (Å²) >= 11 is 1.76. The molecule has 0 spiro atoms. The zero-order valence-electron chi connectivity index (χ0n) is 19.9. The summed E-state index contributed by atoms with van der Waals surface area (Å²) in [6, 6.07) is 19.7. The first kappa shape index (κ1) is 24.0. The van der Waals surface area contributed by atoms with Crippen LogP contribution in [-0.4, -0.2) is 47.9 Å². The number of benzene rings is 2. The molecular weight excluding hydrogens is 444 g/mol. The third-order valence-corrected chi connectivity index (χ3v) is 7.24. The molecule has 178 valence electrons. The highest BCUT2D eigenvalue weighted by Crippen LogP contribution is 2.38. The Kier molecular flexibility index (Phi) is 8.01. The first-order valence-electron chi connectivity index (χ1n) is 11.9. The number of unbranched alkanes of at least 4 members (excludes halogenated alkanes) is 1. The fourth-order valence-electron chi connectivity index (χ4n) is 4.34. The Bertz CT molecular complexity index is 1090. The van der Waals surface area contributed by atoms with E-state index < -0.39 is 0 Å². The Morgan fingerprint density at radius 1 is 1.09 bits per heavy atom. The molecule has 0 N–H and O–H groups in total. The molecule has 0 saturated carbocycles. The van der Waals surface area contributed by atoms with E-state index in [4.69, 9.17) is 4.74 Å². The van der Waals surface area contributed by atoms with Gasteiger partial charge in [-0.15, -0.1) is 11.3 Å². The fourth-order valence-corrected chi connectivity index (χ4v) is 5.25. The van der Waals surface area contributed by atoms with E-state index in [9.17, 15) is 9.59 Å². The average molecular weight is 477 g/mol. The number of hydrogen-bond donors (Lipinski definition) is 0. The minimum Gasteiger partial charge on any atom is -0.484 e. The van der Waals surface area contributed by atoms with Crippen LogP contribution in [0.4, 0.5) is 0 Å². The Hall–Kier alpha value is -3.12. The molecule has 0 fully saturated rings. The Balaban J connectivity index is 1.51. The van der Waals surface area contributed by atoms with Gasteiger partial charge in [-0.1, -0.05) is 61.4 Å².